The van der Waals surface area contributed by atoms with Gasteiger partial charge in [0.25, 0.3) is 0 Å². The maximum Gasteiger partial charge on any atom is 0.137 e. The SMILES string of the molecule is CC(C)CNCC(C)(O)Cc1ccc(F)c(Br)c1. The Balaban J connectivity index is 2.55. The smallest absolute Gasteiger partial charge is 0.137 e. The van der Waals surface area contributed by atoms with Gasteiger partial charge < -0.3 is 10.4 Å². The molecule has 102 valence electrons. The van der Waals surface area contributed by atoms with Gasteiger partial charge in [-0.05, 0) is 53.0 Å². The van der Waals surface area contributed by atoms with Gasteiger partial charge >= 0.3 is 0 Å². The molecular formula is C14H21BrFNO. The van der Waals surface area contributed by atoms with Crippen LogP contribution in [-0.2, 0) is 6.42 Å². The molecule has 0 bridgehead atoms. The van der Waals surface area contributed by atoms with E-state index in [2.05, 4.69) is 35.1 Å². The highest BCUT2D eigenvalue weighted by molar-refractivity contribution is 9.10. The van der Waals surface area contributed by atoms with Crippen LogP contribution in [-0.4, -0.2) is 23.8 Å². The van der Waals surface area contributed by atoms with E-state index in [1.807, 2.05) is 0 Å². The summed E-state index contributed by atoms with van der Waals surface area (Å²) in [5, 5.41) is 13.5. The first-order chi connectivity index (χ1) is 8.30. The van der Waals surface area contributed by atoms with Crippen LogP contribution in [0, 0.1) is 11.7 Å². The van der Waals surface area contributed by atoms with Gasteiger partial charge in [-0.15, -0.1) is 0 Å². The van der Waals surface area contributed by atoms with Crippen molar-refractivity contribution in [3.05, 3.63) is 34.1 Å². The number of nitrogens with one attached hydrogen (secondary N) is 1. The van der Waals surface area contributed by atoms with Gasteiger partial charge in [-0.1, -0.05) is 19.9 Å². The molecule has 18 heavy (non-hydrogen) atoms. The molecule has 1 aromatic carbocycles. The zero-order valence-electron chi connectivity index (χ0n) is 11.1. The van der Waals surface area contributed by atoms with Crippen LogP contribution in [0.15, 0.2) is 22.7 Å². The van der Waals surface area contributed by atoms with Gasteiger partial charge in [-0.3, -0.25) is 0 Å². The number of aliphatic hydroxyl groups is 1. The molecule has 0 aliphatic rings. The molecule has 1 atom stereocenters. The van der Waals surface area contributed by atoms with E-state index in [0.29, 0.717) is 23.4 Å². The molecule has 0 spiro atoms. The molecule has 1 unspecified atom stereocenters. The van der Waals surface area contributed by atoms with Crippen LogP contribution < -0.4 is 5.32 Å². The summed E-state index contributed by atoms with van der Waals surface area (Å²) in [6.07, 6.45) is 0.497. The molecule has 0 fully saturated rings. The van der Waals surface area contributed by atoms with Crippen molar-refractivity contribution in [3.8, 4) is 0 Å². The standard InChI is InChI=1S/C14H21BrFNO/c1-10(2)8-17-9-14(3,18)7-11-4-5-13(16)12(15)6-11/h4-6,10,17-18H,7-9H2,1-3H3. The third kappa shape index (κ3) is 5.46. The Morgan fingerprint density at radius 2 is 2.11 bits per heavy atom. The van der Waals surface area contributed by atoms with Crippen LogP contribution in [0.5, 0.6) is 0 Å². The van der Waals surface area contributed by atoms with Crippen LogP contribution >= 0.6 is 15.9 Å². The molecule has 1 rings (SSSR count). The predicted molar refractivity (Wildman–Crippen MR) is 76.1 cm³/mol. The number of hydrogen-bond acceptors (Lipinski definition) is 2. The minimum atomic E-state index is -0.827. The Bertz CT molecular complexity index is 393. The third-order valence-corrected chi connectivity index (χ3v) is 3.24. The van der Waals surface area contributed by atoms with Gasteiger partial charge in [0.15, 0.2) is 0 Å². The van der Waals surface area contributed by atoms with Crippen LogP contribution in [0.2, 0.25) is 0 Å². The molecule has 0 aliphatic carbocycles. The molecule has 0 saturated carbocycles. The minimum absolute atomic E-state index is 0.281. The van der Waals surface area contributed by atoms with Crippen molar-refractivity contribution in [3.63, 3.8) is 0 Å². The molecular weight excluding hydrogens is 297 g/mol. The Hall–Kier alpha value is -0.450. The maximum atomic E-state index is 13.1. The van der Waals surface area contributed by atoms with E-state index in [1.54, 1.807) is 19.1 Å². The molecule has 4 heteroatoms. The lowest BCUT2D eigenvalue weighted by molar-refractivity contribution is 0.0595. The number of hydrogen-bond donors (Lipinski definition) is 2. The van der Waals surface area contributed by atoms with Crippen LogP contribution in [0.4, 0.5) is 4.39 Å². The summed E-state index contributed by atoms with van der Waals surface area (Å²) in [4.78, 5) is 0. The van der Waals surface area contributed by atoms with Crippen molar-refractivity contribution in [2.75, 3.05) is 13.1 Å². The molecule has 0 aliphatic heterocycles. The topological polar surface area (TPSA) is 32.3 Å². The second-order valence-corrected chi connectivity index (χ2v) is 6.30. The summed E-state index contributed by atoms with van der Waals surface area (Å²) in [7, 11) is 0. The lowest BCUT2D eigenvalue weighted by Crippen LogP contribution is -2.40. The van der Waals surface area contributed by atoms with Gasteiger partial charge in [0, 0.05) is 13.0 Å². The zero-order chi connectivity index (χ0) is 13.8. The Kier molecular flexibility index (Phi) is 5.76. The monoisotopic (exact) mass is 317 g/mol. The average Bonchev–Trinajstić information content (AvgIpc) is 2.22. The predicted octanol–water partition coefficient (Wildman–Crippen LogP) is 3.13. The van der Waals surface area contributed by atoms with E-state index in [-0.39, 0.29) is 5.82 Å². The molecule has 2 N–H and O–H groups in total. The lowest BCUT2D eigenvalue weighted by atomic mass is 9.96. The van der Waals surface area contributed by atoms with E-state index in [0.717, 1.165) is 12.1 Å². The van der Waals surface area contributed by atoms with Crippen molar-refractivity contribution in [1.82, 2.24) is 5.32 Å². The van der Waals surface area contributed by atoms with E-state index >= 15 is 0 Å². The fourth-order valence-electron chi connectivity index (χ4n) is 1.78. The van der Waals surface area contributed by atoms with E-state index in [4.69, 9.17) is 0 Å². The van der Waals surface area contributed by atoms with Gasteiger partial charge in [0.2, 0.25) is 0 Å². The first-order valence-corrected chi connectivity index (χ1v) is 6.96. The Labute approximate surface area is 117 Å². The molecule has 0 heterocycles. The van der Waals surface area contributed by atoms with Crippen molar-refractivity contribution in [2.45, 2.75) is 32.8 Å². The summed E-state index contributed by atoms with van der Waals surface area (Å²) in [6, 6.07) is 4.83. The molecule has 0 aromatic heterocycles. The Morgan fingerprint density at radius 3 is 2.67 bits per heavy atom. The zero-order valence-corrected chi connectivity index (χ0v) is 12.7. The maximum absolute atomic E-state index is 13.1. The van der Waals surface area contributed by atoms with Crippen LogP contribution in [0.3, 0.4) is 0 Å². The average molecular weight is 318 g/mol. The van der Waals surface area contributed by atoms with Gasteiger partial charge in [-0.25, -0.2) is 4.39 Å². The molecule has 0 radical (unpaired) electrons. The summed E-state index contributed by atoms with van der Waals surface area (Å²) < 4.78 is 13.5. The van der Waals surface area contributed by atoms with Crippen molar-refractivity contribution in [1.29, 1.82) is 0 Å². The van der Waals surface area contributed by atoms with Crippen LogP contribution in [0.1, 0.15) is 26.3 Å². The first-order valence-electron chi connectivity index (χ1n) is 6.17. The summed E-state index contributed by atoms with van der Waals surface area (Å²) >= 11 is 3.15. The number of rotatable bonds is 6. The second kappa shape index (κ2) is 6.64. The summed E-state index contributed by atoms with van der Waals surface area (Å²) in [5.74, 6) is 0.275. The molecule has 0 saturated heterocycles. The molecule has 2 nitrogen and oxygen atoms in total. The number of benzene rings is 1. The molecule has 1 aromatic rings. The van der Waals surface area contributed by atoms with E-state index in [1.165, 1.54) is 6.07 Å². The largest absolute Gasteiger partial charge is 0.389 e. The summed E-state index contributed by atoms with van der Waals surface area (Å²) in [6.45, 7) is 7.44. The van der Waals surface area contributed by atoms with Crippen molar-refractivity contribution < 1.29 is 9.50 Å². The minimum Gasteiger partial charge on any atom is -0.389 e. The van der Waals surface area contributed by atoms with Gasteiger partial charge in [-0.2, -0.15) is 0 Å². The molecule has 0 amide bonds. The summed E-state index contributed by atoms with van der Waals surface area (Å²) in [5.41, 5.74) is 0.0891. The fourth-order valence-corrected chi connectivity index (χ4v) is 2.21. The number of halogens is 2. The van der Waals surface area contributed by atoms with E-state index < -0.39 is 5.60 Å². The van der Waals surface area contributed by atoms with Crippen molar-refractivity contribution in [2.24, 2.45) is 5.92 Å². The highest BCUT2D eigenvalue weighted by Gasteiger charge is 2.21. The van der Waals surface area contributed by atoms with Gasteiger partial charge in [0.1, 0.15) is 5.82 Å². The van der Waals surface area contributed by atoms with Crippen LogP contribution in [0.25, 0.3) is 0 Å². The normalized spacial score (nSPS) is 14.8. The van der Waals surface area contributed by atoms with Crippen molar-refractivity contribution >= 4 is 15.9 Å². The third-order valence-electron chi connectivity index (χ3n) is 2.63. The highest BCUT2D eigenvalue weighted by Crippen LogP contribution is 2.20. The quantitative estimate of drug-likeness (QED) is 0.845. The second-order valence-electron chi connectivity index (χ2n) is 5.45. The lowest BCUT2D eigenvalue weighted by Gasteiger charge is -2.24. The van der Waals surface area contributed by atoms with E-state index in [9.17, 15) is 9.50 Å². The first kappa shape index (κ1) is 15.6. The fraction of sp³-hybridized carbons (Fsp3) is 0.571. The Morgan fingerprint density at radius 1 is 1.44 bits per heavy atom. The highest BCUT2D eigenvalue weighted by atomic mass is 79.9. The van der Waals surface area contributed by atoms with Gasteiger partial charge in [0.05, 0.1) is 10.1 Å².